The highest BCUT2D eigenvalue weighted by molar-refractivity contribution is 5.29. The molecule has 1 aliphatic heterocycles. The Morgan fingerprint density at radius 2 is 2.29 bits per heavy atom. The van der Waals surface area contributed by atoms with E-state index in [0.717, 1.165) is 44.1 Å². The topological polar surface area (TPSA) is 33.3 Å². The normalized spacial score (nSPS) is 15.6. The number of hydrogen-bond acceptors (Lipinski definition) is 3. The van der Waals surface area contributed by atoms with E-state index in [4.69, 9.17) is 4.74 Å². The van der Waals surface area contributed by atoms with Gasteiger partial charge in [-0.15, -0.1) is 0 Å². The fourth-order valence-electron chi connectivity index (χ4n) is 1.90. The number of halogens is 1. The van der Waals surface area contributed by atoms with Gasteiger partial charge in [-0.05, 0) is 36.6 Å². The Balaban J connectivity index is 1.72. The highest BCUT2D eigenvalue weighted by Gasteiger charge is 2.15. The molecular weight excluding hydrogens is 219 g/mol. The Morgan fingerprint density at radius 3 is 2.88 bits per heavy atom. The molecule has 17 heavy (non-hydrogen) atoms. The van der Waals surface area contributed by atoms with Gasteiger partial charge in [0.15, 0.2) is 11.6 Å². The van der Waals surface area contributed by atoms with Gasteiger partial charge in [0.05, 0.1) is 7.11 Å². The van der Waals surface area contributed by atoms with Crippen molar-refractivity contribution in [3.63, 3.8) is 0 Å². The first-order valence-corrected chi connectivity index (χ1v) is 6.03. The van der Waals surface area contributed by atoms with Crippen LogP contribution in [-0.4, -0.2) is 33.3 Å². The van der Waals surface area contributed by atoms with Gasteiger partial charge in [0.2, 0.25) is 0 Å². The van der Waals surface area contributed by atoms with Crippen molar-refractivity contribution in [3.05, 3.63) is 29.6 Å². The Hall–Kier alpha value is -1.13. The van der Waals surface area contributed by atoms with Crippen LogP contribution in [0.4, 0.5) is 4.39 Å². The second-order valence-electron chi connectivity index (χ2n) is 4.45. The van der Waals surface area contributed by atoms with E-state index in [9.17, 15) is 4.39 Å². The van der Waals surface area contributed by atoms with Crippen molar-refractivity contribution >= 4 is 0 Å². The fourth-order valence-corrected chi connectivity index (χ4v) is 1.90. The summed E-state index contributed by atoms with van der Waals surface area (Å²) in [7, 11) is 1.48. The van der Waals surface area contributed by atoms with Gasteiger partial charge >= 0.3 is 0 Å². The number of hydrogen-bond donors (Lipinski definition) is 2. The first-order chi connectivity index (χ1) is 8.29. The van der Waals surface area contributed by atoms with Gasteiger partial charge in [0.25, 0.3) is 0 Å². The van der Waals surface area contributed by atoms with E-state index < -0.39 is 0 Å². The molecule has 0 spiro atoms. The largest absolute Gasteiger partial charge is 0.494 e. The molecule has 3 nitrogen and oxygen atoms in total. The van der Waals surface area contributed by atoms with Gasteiger partial charge in [-0.25, -0.2) is 4.39 Å². The summed E-state index contributed by atoms with van der Waals surface area (Å²) >= 11 is 0. The molecule has 2 N–H and O–H groups in total. The van der Waals surface area contributed by atoms with Crippen molar-refractivity contribution in [2.24, 2.45) is 5.92 Å². The van der Waals surface area contributed by atoms with E-state index in [1.165, 1.54) is 7.11 Å². The van der Waals surface area contributed by atoms with E-state index in [1.807, 2.05) is 6.07 Å². The third-order valence-corrected chi connectivity index (χ3v) is 3.11. The summed E-state index contributed by atoms with van der Waals surface area (Å²) in [6.45, 7) is 4.17. The van der Waals surface area contributed by atoms with Crippen molar-refractivity contribution in [2.45, 2.75) is 6.42 Å². The standard InChI is InChI=1S/C13H19FN2O/c1-17-13-3-2-10(6-12(13)14)4-5-15-7-11-8-16-9-11/h2-3,6,11,15-16H,4-5,7-9H2,1H3. The van der Waals surface area contributed by atoms with Crippen LogP contribution >= 0.6 is 0 Å². The predicted molar refractivity (Wildman–Crippen MR) is 65.9 cm³/mol. The average molecular weight is 238 g/mol. The summed E-state index contributed by atoms with van der Waals surface area (Å²) in [6.07, 6.45) is 0.848. The maximum atomic E-state index is 13.4. The number of ether oxygens (including phenoxy) is 1. The van der Waals surface area contributed by atoms with Gasteiger partial charge in [-0.1, -0.05) is 6.07 Å². The average Bonchev–Trinajstić information content (AvgIpc) is 2.26. The molecule has 1 aliphatic rings. The van der Waals surface area contributed by atoms with Crippen LogP contribution in [-0.2, 0) is 6.42 Å². The molecule has 1 saturated heterocycles. The molecule has 0 amide bonds. The molecule has 0 bridgehead atoms. The lowest BCUT2D eigenvalue weighted by Gasteiger charge is -2.27. The first kappa shape index (κ1) is 12.3. The number of benzene rings is 1. The van der Waals surface area contributed by atoms with Crippen molar-refractivity contribution < 1.29 is 9.13 Å². The van der Waals surface area contributed by atoms with Crippen LogP contribution in [0, 0.1) is 11.7 Å². The van der Waals surface area contributed by atoms with Crippen LogP contribution in [0.3, 0.4) is 0 Å². The minimum absolute atomic E-state index is 0.284. The maximum Gasteiger partial charge on any atom is 0.165 e. The Bertz CT molecular complexity index is 366. The highest BCUT2D eigenvalue weighted by atomic mass is 19.1. The lowest BCUT2D eigenvalue weighted by atomic mass is 10.0. The minimum atomic E-state index is -0.284. The van der Waals surface area contributed by atoms with E-state index in [2.05, 4.69) is 10.6 Å². The first-order valence-electron chi connectivity index (χ1n) is 6.03. The summed E-state index contributed by atoms with van der Waals surface area (Å²) in [6, 6.07) is 5.14. The van der Waals surface area contributed by atoms with Gasteiger partial charge in [-0.2, -0.15) is 0 Å². The molecule has 94 valence electrons. The highest BCUT2D eigenvalue weighted by Crippen LogP contribution is 2.17. The van der Waals surface area contributed by atoms with E-state index in [0.29, 0.717) is 5.75 Å². The molecule has 0 unspecified atom stereocenters. The van der Waals surface area contributed by atoms with Crippen LogP contribution in [0.2, 0.25) is 0 Å². The third kappa shape index (κ3) is 3.41. The summed E-state index contributed by atoms with van der Waals surface area (Å²) < 4.78 is 18.3. The molecule has 1 aromatic carbocycles. The lowest BCUT2D eigenvalue weighted by Crippen LogP contribution is -2.47. The smallest absolute Gasteiger partial charge is 0.165 e. The van der Waals surface area contributed by atoms with Crippen LogP contribution in [0.25, 0.3) is 0 Å². The van der Waals surface area contributed by atoms with Gasteiger partial charge < -0.3 is 15.4 Å². The molecular formula is C13H19FN2O. The summed E-state index contributed by atoms with van der Waals surface area (Å²) in [5, 5.41) is 6.63. The van der Waals surface area contributed by atoms with Crippen molar-refractivity contribution in [2.75, 3.05) is 33.3 Å². The van der Waals surface area contributed by atoms with E-state index in [-0.39, 0.29) is 5.82 Å². The zero-order valence-electron chi connectivity index (χ0n) is 10.1. The molecule has 1 aromatic rings. The van der Waals surface area contributed by atoms with Gasteiger partial charge in [0.1, 0.15) is 0 Å². The van der Waals surface area contributed by atoms with Crippen molar-refractivity contribution in [3.8, 4) is 5.75 Å². The quantitative estimate of drug-likeness (QED) is 0.730. The van der Waals surface area contributed by atoms with Crippen LogP contribution in [0.15, 0.2) is 18.2 Å². The number of methoxy groups -OCH3 is 1. The molecule has 0 aliphatic carbocycles. The summed E-state index contributed by atoms with van der Waals surface area (Å²) in [5.41, 5.74) is 1.00. The Kier molecular flexibility index (Phi) is 4.34. The van der Waals surface area contributed by atoms with Gasteiger partial charge in [-0.3, -0.25) is 0 Å². The molecule has 0 radical (unpaired) electrons. The fraction of sp³-hybridized carbons (Fsp3) is 0.538. The Labute approximate surface area is 101 Å². The number of rotatable bonds is 6. The monoisotopic (exact) mass is 238 g/mol. The lowest BCUT2D eigenvalue weighted by molar-refractivity contribution is 0.332. The zero-order valence-corrected chi connectivity index (χ0v) is 10.1. The SMILES string of the molecule is COc1ccc(CCNCC2CNC2)cc1F. The molecule has 1 fully saturated rings. The predicted octanol–water partition coefficient (Wildman–Crippen LogP) is 1.19. The van der Waals surface area contributed by atoms with E-state index in [1.54, 1.807) is 12.1 Å². The number of nitrogens with one attached hydrogen (secondary N) is 2. The molecule has 2 rings (SSSR count). The van der Waals surface area contributed by atoms with Crippen LogP contribution < -0.4 is 15.4 Å². The van der Waals surface area contributed by atoms with Crippen LogP contribution in [0.5, 0.6) is 5.75 Å². The minimum Gasteiger partial charge on any atom is -0.494 e. The third-order valence-electron chi connectivity index (χ3n) is 3.11. The van der Waals surface area contributed by atoms with E-state index >= 15 is 0 Å². The molecule has 0 saturated carbocycles. The molecule has 1 heterocycles. The Morgan fingerprint density at radius 1 is 1.47 bits per heavy atom. The van der Waals surface area contributed by atoms with Crippen molar-refractivity contribution in [1.82, 2.24) is 10.6 Å². The molecule has 0 aromatic heterocycles. The summed E-state index contributed by atoms with van der Waals surface area (Å²) in [4.78, 5) is 0. The second kappa shape index (κ2) is 5.98. The van der Waals surface area contributed by atoms with Gasteiger partial charge in [0, 0.05) is 19.6 Å². The summed E-state index contributed by atoms with van der Waals surface area (Å²) in [5.74, 6) is 0.790. The van der Waals surface area contributed by atoms with Crippen molar-refractivity contribution in [1.29, 1.82) is 0 Å². The molecule has 4 heteroatoms. The second-order valence-corrected chi connectivity index (χ2v) is 4.45. The maximum absolute atomic E-state index is 13.4. The zero-order chi connectivity index (χ0) is 12.1. The molecule has 0 atom stereocenters. The van der Waals surface area contributed by atoms with Crippen LogP contribution in [0.1, 0.15) is 5.56 Å².